The smallest absolute Gasteiger partial charge is 0.333 e. The van der Waals surface area contributed by atoms with Crippen molar-refractivity contribution in [1.29, 1.82) is 0 Å². The highest BCUT2D eigenvalue weighted by Gasteiger charge is 2.27. The highest BCUT2D eigenvalue weighted by molar-refractivity contribution is 7.90. The number of fused-ring (bicyclic) bond motifs is 2. The maximum Gasteiger partial charge on any atom is 0.333 e. The summed E-state index contributed by atoms with van der Waals surface area (Å²) in [7, 11) is -2.16. The summed E-state index contributed by atoms with van der Waals surface area (Å²) in [6.45, 7) is 4.53. The molecule has 162 valence electrons. The minimum absolute atomic E-state index is 0.0973. The van der Waals surface area contributed by atoms with E-state index < -0.39 is 16.1 Å². The third-order valence-corrected chi connectivity index (χ3v) is 7.37. The average molecular weight is 431 g/mol. The van der Waals surface area contributed by atoms with E-state index in [2.05, 4.69) is 21.4 Å². The normalized spacial score (nSPS) is 15.3. The first-order valence-corrected chi connectivity index (χ1v) is 12.1. The van der Waals surface area contributed by atoms with Crippen LogP contribution < -0.4 is 15.4 Å². The van der Waals surface area contributed by atoms with Crippen LogP contribution in [-0.4, -0.2) is 26.1 Å². The van der Waals surface area contributed by atoms with Gasteiger partial charge in [-0.3, -0.25) is 0 Å². The second-order valence-corrected chi connectivity index (χ2v) is 10.2. The number of hydrogen-bond donors (Lipinski definition) is 3. The third kappa shape index (κ3) is 3.86. The molecule has 1 aromatic heterocycles. The van der Waals surface area contributed by atoms with Gasteiger partial charge in [0.05, 0.1) is 0 Å². The summed E-state index contributed by atoms with van der Waals surface area (Å²) in [5, 5.41) is 5.94. The number of carbonyl (C=O) groups is 1. The molecule has 0 atom stereocenters. The maximum absolute atomic E-state index is 12.9. The molecule has 1 heterocycles. The number of anilines is 1. The highest BCUT2D eigenvalue weighted by Crippen LogP contribution is 2.38. The number of amides is 2. The van der Waals surface area contributed by atoms with Crippen LogP contribution in [0, 0.1) is 0 Å². The second kappa shape index (κ2) is 8.07. The lowest BCUT2D eigenvalue weighted by atomic mass is 9.99. The monoisotopic (exact) mass is 430 g/mol. The summed E-state index contributed by atoms with van der Waals surface area (Å²) in [4.78, 5) is 12.8. The van der Waals surface area contributed by atoms with E-state index in [-0.39, 0.29) is 10.9 Å². The molecule has 0 radical (unpaired) electrons. The fourth-order valence-corrected chi connectivity index (χ4v) is 5.69. The van der Waals surface area contributed by atoms with E-state index in [0.717, 1.165) is 49.9 Å². The van der Waals surface area contributed by atoms with Gasteiger partial charge >= 0.3 is 6.03 Å². The lowest BCUT2D eigenvalue weighted by Crippen LogP contribution is -2.34. The van der Waals surface area contributed by atoms with Crippen LogP contribution in [0.1, 0.15) is 60.7 Å². The molecule has 7 nitrogen and oxygen atoms in total. The molecule has 4 rings (SSSR count). The topological polar surface area (TPSA) is 92.2 Å². The Balaban J connectivity index is 1.57. The second-order valence-electron chi connectivity index (χ2n) is 8.49. The van der Waals surface area contributed by atoms with Crippen LogP contribution in [0.15, 0.2) is 23.2 Å². The summed E-state index contributed by atoms with van der Waals surface area (Å²) in [6.07, 6.45) is 7.63. The van der Waals surface area contributed by atoms with Crippen molar-refractivity contribution in [1.82, 2.24) is 14.6 Å². The average Bonchev–Trinajstić information content (AvgIpc) is 3.40. The quantitative estimate of drug-likeness (QED) is 0.656. The van der Waals surface area contributed by atoms with Crippen LogP contribution in [0.25, 0.3) is 0 Å². The Kier molecular flexibility index (Phi) is 5.63. The van der Waals surface area contributed by atoms with E-state index in [4.69, 9.17) is 0 Å². The Bertz CT molecular complexity index is 1050. The number of sulfonamides is 1. The van der Waals surface area contributed by atoms with Crippen LogP contribution in [0.3, 0.4) is 0 Å². The fraction of sp³-hybridized carbons (Fsp3) is 0.500. The summed E-state index contributed by atoms with van der Waals surface area (Å²) in [5.74, 6) is 0. The van der Waals surface area contributed by atoms with Gasteiger partial charge in [0.25, 0.3) is 10.0 Å². The van der Waals surface area contributed by atoms with Gasteiger partial charge in [0.1, 0.15) is 4.90 Å². The molecule has 1 aromatic carbocycles. The molecule has 0 spiro atoms. The number of aryl methyl sites for hydroxylation is 2. The molecule has 30 heavy (non-hydrogen) atoms. The maximum atomic E-state index is 12.9. The van der Waals surface area contributed by atoms with E-state index in [1.54, 1.807) is 12.3 Å². The molecule has 0 unspecified atom stereocenters. The van der Waals surface area contributed by atoms with E-state index >= 15 is 0 Å². The van der Waals surface area contributed by atoms with E-state index in [1.165, 1.54) is 22.3 Å². The van der Waals surface area contributed by atoms with Gasteiger partial charge in [-0.15, -0.1) is 0 Å². The van der Waals surface area contributed by atoms with Crippen molar-refractivity contribution in [2.24, 2.45) is 0 Å². The van der Waals surface area contributed by atoms with E-state index in [1.807, 2.05) is 25.5 Å². The number of aromatic nitrogens is 1. The molecule has 2 amide bonds. The molecule has 0 saturated heterocycles. The van der Waals surface area contributed by atoms with Crippen molar-refractivity contribution < 1.29 is 13.2 Å². The summed E-state index contributed by atoms with van der Waals surface area (Å²) in [5.41, 5.74) is 6.61. The number of nitrogens with one attached hydrogen (secondary N) is 3. The molecule has 8 heteroatoms. The number of benzene rings is 1. The zero-order valence-electron chi connectivity index (χ0n) is 17.8. The molecular weight excluding hydrogens is 400 g/mol. The summed E-state index contributed by atoms with van der Waals surface area (Å²) >= 11 is 0. The van der Waals surface area contributed by atoms with Crippen LogP contribution >= 0.6 is 0 Å². The zero-order valence-corrected chi connectivity index (χ0v) is 18.7. The van der Waals surface area contributed by atoms with Crippen molar-refractivity contribution in [2.45, 2.75) is 69.9 Å². The number of hydrogen-bond acceptors (Lipinski definition) is 4. The predicted molar refractivity (Wildman–Crippen MR) is 117 cm³/mol. The Morgan fingerprint density at radius 2 is 1.70 bits per heavy atom. The Labute approximate surface area is 178 Å². The summed E-state index contributed by atoms with van der Waals surface area (Å²) < 4.78 is 29.9. The number of nitrogens with zero attached hydrogens (tertiary/aromatic N) is 1. The molecule has 0 saturated carbocycles. The minimum atomic E-state index is -3.97. The molecular formula is C22H30N4O3S. The molecule has 3 N–H and O–H groups in total. The first-order chi connectivity index (χ1) is 14.3. The standard InChI is InChI=1S/C22H30N4O3S/c1-14(2)26-13-18(11-17(26)12-23-3)30(28,29)25-22(27)24-21-19-8-4-6-15(19)10-16-7-5-9-20(16)21/h10-11,13-14,23H,4-9,12H2,1-3H3,(H2,24,25,27). The number of rotatable bonds is 6. The fourth-order valence-electron chi connectivity index (χ4n) is 4.73. The molecule has 2 aliphatic carbocycles. The van der Waals surface area contributed by atoms with Gasteiger partial charge in [-0.2, -0.15) is 0 Å². The van der Waals surface area contributed by atoms with Crippen molar-refractivity contribution in [2.75, 3.05) is 12.4 Å². The molecule has 0 bridgehead atoms. The minimum Gasteiger partial charge on any atom is -0.346 e. The van der Waals surface area contributed by atoms with E-state index in [9.17, 15) is 13.2 Å². The van der Waals surface area contributed by atoms with Gasteiger partial charge in [0, 0.05) is 30.2 Å². The first kappa shape index (κ1) is 20.9. The number of urea groups is 1. The van der Waals surface area contributed by atoms with Gasteiger partial charge in [0.2, 0.25) is 0 Å². The predicted octanol–water partition coefficient (Wildman–Crippen LogP) is 3.28. The molecule has 0 fully saturated rings. The lowest BCUT2D eigenvalue weighted by Gasteiger charge is -2.16. The molecule has 2 aliphatic rings. The van der Waals surface area contributed by atoms with Crippen LogP contribution in [0.2, 0.25) is 0 Å². The SMILES string of the molecule is CNCc1cc(S(=O)(=O)NC(=O)Nc2c3c(cc4c2CCC4)CCC3)cn1C(C)C. The van der Waals surface area contributed by atoms with E-state index in [0.29, 0.717) is 6.54 Å². The van der Waals surface area contributed by atoms with Crippen molar-refractivity contribution in [3.05, 3.63) is 46.3 Å². The van der Waals surface area contributed by atoms with Crippen LogP contribution in [0.5, 0.6) is 0 Å². The third-order valence-electron chi connectivity index (χ3n) is 6.07. The Morgan fingerprint density at radius 1 is 1.07 bits per heavy atom. The summed E-state index contributed by atoms with van der Waals surface area (Å²) in [6, 6.07) is 3.31. The Hall–Kier alpha value is -2.32. The van der Waals surface area contributed by atoms with Gasteiger partial charge in [-0.25, -0.2) is 17.9 Å². The molecule has 2 aromatic rings. The van der Waals surface area contributed by atoms with Gasteiger partial charge in [-0.05, 0) is 87.7 Å². The van der Waals surface area contributed by atoms with Gasteiger partial charge in [-0.1, -0.05) is 6.07 Å². The van der Waals surface area contributed by atoms with Crippen molar-refractivity contribution >= 4 is 21.7 Å². The zero-order chi connectivity index (χ0) is 21.5. The Morgan fingerprint density at radius 3 is 2.27 bits per heavy atom. The first-order valence-electron chi connectivity index (χ1n) is 10.7. The van der Waals surface area contributed by atoms with Gasteiger partial charge in [0.15, 0.2) is 0 Å². The van der Waals surface area contributed by atoms with Crippen molar-refractivity contribution in [3.63, 3.8) is 0 Å². The largest absolute Gasteiger partial charge is 0.346 e. The lowest BCUT2D eigenvalue weighted by molar-refractivity contribution is 0.256. The van der Waals surface area contributed by atoms with Crippen LogP contribution in [0.4, 0.5) is 10.5 Å². The van der Waals surface area contributed by atoms with Crippen LogP contribution in [-0.2, 0) is 42.3 Å². The highest BCUT2D eigenvalue weighted by atomic mass is 32.2. The number of carbonyl (C=O) groups excluding carboxylic acids is 1. The molecule has 0 aliphatic heterocycles. The van der Waals surface area contributed by atoms with Crippen molar-refractivity contribution in [3.8, 4) is 0 Å². The van der Waals surface area contributed by atoms with Gasteiger partial charge < -0.3 is 15.2 Å².